The van der Waals surface area contributed by atoms with Gasteiger partial charge in [-0.15, -0.1) is 0 Å². The number of nitrogens with one attached hydrogen (secondary N) is 1. The van der Waals surface area contributed by atoms with Crippen molar-refractivity contribution in [1.29, 1.82) is 0 Å². The summed E-state index contributed by atoms with van der Waals surface area (Å²) < 4.78 is 37.6. The molecule has 0 aliphatic carbocycles. The highest BCUT2D eigenvalue weighted by molar-refractivity contribution is 7.92. The summed E-state index contributed by atoms with van der Waals surface area (Å²) in [7, 11) is -3.83. The van der Waals surface area contributed by atoms with Crippen molar-refractivity contribution in [2.45, 2.75) is 33.4 Å². The fraction of sp³-hybridized carbons (Fsp3) is 0.391. The number of halogens is 1. The van der Waals surface area contributed by atoms with Crippen molar-refractivity contribution >= 4 is 39.1 Å². The summed E-state index contributed by atoms with van der Waals surface area (Å²) >= 11 is 6.30. The molecule has 11 heteroatoms. The van der Waals surface area contributed by atoms with Gasteiger partial charge in [0, 0.05) is 24.2 Å². The molecule has 0 radical (unpaired) electrons. The van der Waals surface area contributed by atoms with Gasteiger partial charge in [0.2, 0.25) is 28.6 Å². The first-order valence-electron chi connectivity index (χ1n) is 10.9. The minimum atomic E-state index is -3.83. The number of carbonyl (C=O) groups is 2. The molecule has 0 saturated heterocycles. The normalized spacial score (nSPS) is 13.3. The minimum absolute atomic E-state index is 0.0356. The quantitative estimate of drug-likeness (QED) is 0.528. The zero-order valence-electron chi connectivity index (χ0n) is 19.3. The molecule has 1 N–H and O–H groups in total. The van der Waals surface area contributed by atoms with E-state index in [9.17, 15) is 18.0 Å². The largest absolute Gasteiger partial charge is 0.454 e. The zero-order valence-corrected chi connectivity index (χ0v) is 20.9. The van der Waals surface area contributed by atoms with Gasteiger partial charge in [0.15, 0.2) is 11.5 Å². The van der Waals surface area contributed by atoms with Crippen LogP contribution in [-0.2, 0) is 26.2 Å². The van der Waals surface area contributed by atoms with Gasteiger partial charge in [0.05, 0.1) is 11.4 Å². The summed E-state index contributed by atoms with van der Waals surface area (Å²) in [4.78, 5) is 27.5. The Morgan fingerprint density at radius 1 is 1.12 bits per heavy atom. The third-order valence-electron chi connectivity index (χ3n) is 5.44. The number of sulfonamides is 1. The van der Waals surface area contributed by atoms with Crippen LogP contribution < -0.4 is 19.1 Å². The number of carbonyl (C=O) groups excluding carboxylic acids is 2. The van der Waals surface area contributed by atoms with Crippen LogP contribution >= 0.6 is 11.6 Å². The molecule has 2 amide bonds. The van der Waals surface area contributed by atoms with Crippen molar-refractivity contribution < 1.29 is 27.5 Å². The van der Waals surface area contributed by atoms with Crippen molar-refractivity contribution in [3.8, 4) is 11.5 Å². The number of rotatable bonds is 10. The maximum atomic E-state index is 13.5. The molecule has 1 aliphatic heterocycles. The Hall–Kier alpha value is -2.98. The standard InChI is InChI=1S/C23H28ClN3O6S/c1-4-25-23(29)16(3)26(13-17-8-6-7-9-19(17)24)22(28)14-27(34(30,31)5-2)18-10-11-20-21(12-18)33-15-32-20/h6-12,16H,4-5,13-15H2,1-3H3,(H,25,29). The highest BCUT2D eigenvalue weighted by Crippen LogP contribution is 2.36. The molecule has 1 atom stereocenters. The lowest BCUT2D eigenvalue weighted by Gasteiger charge is -2.32. The number of benzene rings is 2. The van der Waals surface area contributed by atoms with E-state index in [-0.39, 0.29) is 30.7 Å². The Morgan fingerprint density at radius 2 is 1.82 bits per heavy atom. The van der Waals surface area contributed by atoms with Crippen LogP contribution in [0, 0.1) is 0 Å². The molecule has 1 unspecified atom stereocenters. The van der Waals surface area contributed by atoms with Crippen molar-refractivity contribution in [1.82, 2.24) is 10.2 Å². The molecular formula is C23H28ClN3O6S. The van der Waals surface area contributed by atoms with Crippen LogP contribution in [0.25, 0.3) is 0 Å². The maximum Gasteiger partial charge on any atom is 0.244 e. The van der Waals surface area contributed by atoms with E-state index >= 15 is 0 Å². The van der Waals surface area contributed by atoms with Crippen molar-refractivity contribution in [3.05, 3.63) is 53.1 Å². The number of anilines is 1. The maximum absolute atomic E-state index is 13.5. The van der Waals surface area contributed by atoms with Crippen LogP contribution in [0.4, 0.5) is 5.69 Å². The predicted molar refractivity (Wildman–Crippen MR) is 130 cm³/mol. The molecule has 2 aromatic carbocycles. The fourth-order valence-corrected chi connectivity index (χ4v) is 4.72. The van der Waals surface area contributed by atoms with Gasteiger partial charge in [0.25, 0.3) is 0 Å². The molecule has 9 nitrogen and oxygen atoms in total. The third kappa shape index (κ3) is 5.74. The summed E-state index contributed by atoms with van der Waals surface area (Å²) in [5, 5.41) is 3.15. The van der Waals surface area contributed by atoms with Crippen LogP contribution in [-0.4, -0.2) is 56.8 Å². The summed E-state index contributed by atoms with van der Waals surface area (Å²) in [6.45, 7) is 4.85. The highest BCUT2D eigenvalue weighted by atomic mass is 35.5. The Bertz CT molecular complexity index is 1160. The topological polar surface area (TPSA) is 105 Å². The summed E-state index contributed by atoms with van der Waals surface area (Å²) in [6.07, 6.45) is 0. The first kappa shape index (κ1) is 25.6. The fourth-order valence-electron chi connectivity index (χ4n) is 3.47. The molecular weight excluding hydrogens is 482 g/mol. The molecule has 2 aromatic rings. The smallest absolute Gasteiger partial charge is 0.244 e. The minimum Gasteiger partial charge on any atom is -0.454 e. The lowest BCUT2D eigenvalue weighted by Crippen LogP contribution is -2.51. The van der Waals surface area contributed by atoms with Crippen molar-refractivity contribution in [2.75, 3.05) is 29.9 Å². The number of hydrogen-bond acceptors (Lipinski definition) is 6. The third-order valence-corrected chi connectivity index (χ3v) is 7.55. The van der Waals surface area contributed by atoms with Crippen LogP contribution in [0.5, 0.6) is 11.5 Å². The second-order valence-electron chi connectivity index (χ2n) is 7.63. The number of likely N-dealkylation sites (N-methyl/N-ethyl adjacent to an activating group) is 1. The van der Waals surface area contributed by atoms with Gasteiger partial charge in [-0.2, -0.15) is 0 Å². The lowest BCUT2D eigenvalue weighted by atomic mass is 10.1. The second kappa shape index (κ2) is 11.0. The van der Waals surface area contributed by atoms with E-state index in [1.165, 1.54) is 17.9 Å². The SMILES string of the molecule is CCNC(=O)C(C)N(Cc1ccccc1Cl)C(=O)CN(c1ccc2c(c1)OCO2)S(=O)(=O)CC. The molecule has 184 valence electrons. The van der Waals surface area contributed by atoms with Crippen LogP contribution in [0.1, 0.15) is 26.3 Å². The van der Waals surface area contributed by atoms with E-state index in [0.717, 1.165) is 4.31 Å². The van der Waals surface area contributed by atoms with Gasteiger partial charge in [-0.05, 0) is 44.5 Å². The van der Waals surface area contributed by atoms with Crippen LogP contribution in [0.3, 0.4) is 0 Å². The molecule has 0 saturated carbocycles. The van der Waals surface area contributed by atoms with Crippen molar-refractivity contribution in [3.63, 3.8) is 0 Å². The molecule has 0 fully saturated rings. The van der Waals surface area contributed by atoms with Gasteiger partial charge in [0.1, 0.15) is 12.6 Å². The van der Waals surface area contributed by atoms with E-state index in [1.54, 1.807) is 50.2 Å². The van der Waals surface area contributed by atoms with Gasteiger partial charge in [-0.3, -0.25) is 13.9 Å². The summed E-state index contributed by atoms with van der Waals surface area (Å²) in [5.74, 6) is -0.228. The first-order valence-corrected chi connectivity index (χ1v) is 12.9. The van der Waals surface area contributed by atoms with Gasteiger partial charge >= 0.3 is 0 Å². The molecule has 1 aliphatic rings. The molecule has 34 heavy (non-hydrogen) atoms. The summed E-state index contributed by atoms with van der Waals surface area (Å²) in [5.41, 5.74) is 0.907. The van der Waals surface area contributed by atoms with Gasteiger partial charge < -0.3 is 19.7 Å². The van der Waals surface area contributed by atoms with Crippen LogP contribution in [0.15, 0.2) is 42.5 Å². The van der Waals surface area contributed by atoms with Gasteiger partial charge in [-0.1, -0.05) is 29.8 Å². The predicted octanol–water partition coefficient (Wildman–Crippen LogP) is 2.78. The van der Waals surface area contributed by atoms with E-state index in [2.05, 4.69) is 5.32 Å². The number of nitrogens with zero attached hydrogens (tertiary/aromatic N) is 2. The molecule has 0 bridgehead atoms. The van der Waals surface area contributed by atoms with E-state index in [4.69, 9.17) is 21.1 Å². The molecule has 3 rings (SSSR count). The van der Waals surface area contributed by atoms with Crippen molar-refractivity contribution in [2.24, 2.45) is 0 Å². The van der Waals surface area contributed by atoms with E-state index in [1.807, 2.05) is 0 Å². The average molecular weight is 510 g/mol. The molecule has 0 spiro atoms. The Balaban J connectivity index is 1.95. The van der Waals surface area contributed by atoms with Crippen LogP contribution in [0.2, 0.25) is 5.02 Å². The summed E-state index contributed by atoms with van der Waals surface area (Å²) in [6, 6.07) is 10.8. The number of amides is 2. The Labute approximate surface area is 204 Å². The number of fused-ring (bicyclic) bond motifs is 1. The van der Waals surface area contributed by atoms with Gasteiger partial charge in [-0.25, -0.2) is 8.42 Å². The monoisotopic (exact) mass is 509 g/mol. The molecule has 0 aromatic heterocycles. The highest BCUT2D eigenvalue weighted by Gasteiger charge is 2.31. The van der Waals surface area contributed by atoms with E-state index < -0.39 is 28.5 Å². The number of hydrogen-bond donors (Lipinski definition) is 1. The van der Waals surface area contributed by atoms with E-state index in [0.29, 0.717) is 28.6 Å². The first-order chi connectivity index (χ1) is 16.2. The lowest BCUT2D eigenvalue weighted by molar-refractivity contribution is -0.139. The Morgan fingerprint density at radius 3 is 2.50 bits per heavy atom. The zero-order chi connectivity index (χ0) is 24.9. The average Bonchev–Trinajstić information content (AvgIpc) is 3.29. The number of ether oxygens (including phenoxy) is 2. The molecule has 1 heterocycles. The second-order valence-corrected chi connectivity index (χ2v) is 10.2. The Kier molecular flexibility index (Phi) is 8.27.